The van der Waals surface area contributed by atoms with Gasteiger partial charge in [0.2, 0.25) is 5.91 Å². The van der Waals surface area contributed by atoms with Gasteiger partial charge in [0, 0.05) is 38.3 Å². The molecular weight excluding hydrogens is 465 g/mol. The summed E-state index contributed by atoms with van der Waals surface area (Å²) in [4.78, 5) is 36.0. The van der Waals surface area contributed by atoms with Crippen molar-refractivity contribution in [2.45, 2.75) is 39.5 Å². The van der Waals surface area contributed by atoms with Crippen LogP contribution in [-0.2, 0) is 4.79 Å². The number of para-hydroxylation sites is 1. The van der Waals surface area contributed by atoms with Crippen molar-refractivity contribution in [3.8, 4) is 0 Å². The summed E-state index contributed by atoms with van der Waals surface area (Å²) in [5.41, 5.74) is 2.58. The molecule has 0 radical (unpaired) electrons. The van der Waals surface area contributed by atoms with Gasteiger partial charge in [0.05, 0.1) is 28.0 Å². The average molecular weight is 496 g/mol. The fourth-order valence-corrected chi connectivity index (χ4v) is 5.82. The van der Waals surface area contributed by atoms with Crippen molar-refractivity contribution >= 4 is 44.9 Å². The van der Waals surface area contributed by atoms with Crippen LogP contribution < -0.4 is 10.2 Å². The number of aryl methyl sites for hydroxylation is 1. The van der Waals surface area contributed by atoms with Crippen LogP contribution in [-0.4, -0.2) is 52.3 Å². The lowest BCUT2D eigenvalue weighted by Crippen LogP contribution is -2.41. The highest BCUT2D eigenvalue weighted by atomic mass is 32.1. The molecule has 1 N–H and O–H groups in total. The van der Waals surface area contributed by atoms with Crippen LogP contribution in [0.2, 0.25) is 0 Å². The number of pyridine rings is 1. The van der Waals surface area contributed by atoms with Crippen LogP contribution in [0.3, 0.4) is 0 Å². The van der Waals surface area contributed by atoms with E-state index in [1.165, 1.54) is 17.6 Å². The zero-order valence-electron chi connectivity index (χ0n) is 20.1. The van der Waals surface area contributed by atoms with Gasteiger partial charge in [-0.2, -0.15) is 4.37 Å². The third-order valence-electron chi connectivity index (χ3n) is 7.26. The third kappa shape index (κ3) is 4.74. The van der Waals surface area contributed by atoms with Crippen molar-refractivity contribution in [2.24, 2.45) is 11.8 Å². The minimum atomic E-state index is -0.437. The van der Waals surface area contributed by atoms with E-state index in [2.05, 4.69) is 26.5 Å². The molecule has 7 nitrogen and oxygen atoms in total. The van der Waals surface area contributed by atoms with Gasteiger partial charge in [-0.05, 0) is 62.2 Å². The summed E-state index contributed by atoms with van der Waals surface area (Å²) in [6.07, 6.45) is 4.97. The van der Waals surface area contributed by atoms with E-state index < -0.39 is 5.82 Å². The molecule has 5 rings (SSSR count). The molecule has 2 aliphatic heterocycles. The second kappa shape index (κ2) is 9.89. The van der Waals surface area contributed by atoms with Crippen molar-refractivity contribution in [3.05, 3.63) is 47.5 Å². The van der Waals surface area contributed by atoms with Gasteiger partial charge in [-0.15, -0.1) is 0 Å². The lowest BCUT2D eigenvalue weighted by atomic mass is 9.94. The van der Waals surface area contributed by atoms with E-state index in [1.54, 1.807) is 24.4 Å². The van der Waals surface area contributed by atoms with Crippen molar-refractivity contribution < 1.29 is 14.0 Å². The van der Waals surface area contributed by atoms with Gasteiger partial charge in [-0.25, -0.2) is 9.37 Å². The first-order chi connectivity index (χ1) is 16.9. The largest absolute Gasteiger partial charge is 0.370 e. The maximum Gasteiger partial charge on any atom is 0.257 e. The quantitative estimate of drug-likeness (QED) is 0.559. The Morgan fingerprint density at radius 2 is 1.80 bits per heavy atom. The Labute approximate surface area is 208 Å². The predicted molar refractivity (Wildman–Crippen MR) is 136 cm³/mol. The number of nitrogens with one attached hydrogen (secondary N) is 1. The average Bonchev–Trinajstić information content (AvgIpc) is 3.26. The molecule has 35 heavy (non-hydrogen) atoms. The predicted octanol–water partition coefficient (Wildman–Crippen LogP) is 4.87. The lowest BCUT2D eigenvalue weighted by Gasteiger charge is -2.36. The fourth-order valence-electron chi connectivity index (χ4n) is 5.07. The third-order valence-corrected chi connectivity index (χ3v) is 8.11. The Balaban J connectivity index is 1.37. The minimum Gasteiger partial charge on any atom is -0.370 e. The van der Waals surface area contributed by atoms with Crippen LogP contribution in [0.15, 0.2) is 30.5 Å². The Morgan fingerprint density at radius 3 is 2.51 bits per heavy atom. The zero-order chi connectivity index (χ0) is 24.5. The van der Waals surface area contributed by atoms with E-state index >= 15 is 0 Å². The van der Waals surface area contributed by atoms with E-state index in [0.717, 1.165) is 47.5 Å². The summed E-state index contributed by atoms with van der Waals surface area (Å²) in [7, 11) is 0. The number of anilines is 2. The number of carbonyl (C=O) groups is 2. The first kappa shape index (κ1) is 23.7. The molecule has 0 unspecified atom stereocenters. The normalized spacial score (nSPS) is 17.7. The van der Waals surface area contributed by atoms with Gasteiger partial charge in [0.1, 0.15) is 10.6 Å². The maximum absolute atomic E-state index is 14.0. The summed E-state index contributed by atoms with van der Waals surface area (Å²) in [5.74, 6) is -0.161. The van der Waals surface area contributed by atoms with Gasteiger partial charge >= 0.3 is 0 Å². The number of aromatic nitrogens is 2. The number of nitrogens with zero attached hydrogens (tertiary/aromatic N) is 4. The topological polar surface area (TPSA) is 78.4 Å². The molecule has 0 spiro atoms. The smallest absolute Gasteiger partial charge is 0.257 e. The molecule has 184 valence electrons. The number of carbonyl (C=O) groups excluding carboxylic acids is 2. The number of piperidine rings is 2. The van der Waals surface area contributed by atoms with Crippen molar-refractivity contribution in [2.75, 3.05) is 36.4 Å². The van der Waals surface area contributed by atoms with E-state index in [-0.39, 0.29) is 23.4 Å². The first-order valence-corrected chi connectivity index (χ1v) is 13.0. The van der Waals surface area contributed by atoms with Gasteiger partial charge in [0.25, 0.3) is 5.91 Å². The summed E-state index contributed by atoms with van der Waals surface area (Å²) >= 11 is 1.34. The summed E-state index contributed by atoms with van der Waals surface area (Å²) in [6, 6.07) is 6.21. The highest BCUT2D eigenvalue weighted by molar-refractivity contribution is 7.13. The van der Waals surface area contributed by atoms with E-state index in [1.807, 2.05) is 11.8 Å². The second-order valence-corrected chi connectivity index (χ2v) is 10.4. The zero-order valence-corrected chi connectivity index (χ0v) is 20.9. The molecule has 0 atom stereocenters. The summed E-state index contributed by atoms with van der Waals surface area (Å²) in [5, 5.41) is 3.66. The van der Waals surface area contributed by atoms with Crippen LogP contribution in [0.1, 0.15) is 48.7 Å². The number of likely N-dealkylation sites (tertiary alicyclic amines) is 1. The number of halogens is 1. The van der Waals surface area contributed by atoms with Crippen molar-refractivity contribution in [1.82, 2.24) is 14.3 Å². The van der Waals surface area contributed by atoms with Crippen LogP contribution >= 0.6 is 11.5 Å². The van der Waals surface area contributed by atoms with E-state index in [0.29, 0.717) is 37.4 Å². The molecule has 0 aliphatic carbocycles. The SMILES string of the molecule is Cc1nsc2ncc(C(=O)N3CCC(C)CC3)c(N3CCC(C(=O)Nc4ccccc4F)CC3)c12. The van der Waals surface area contributed by atoms with E-state index in [4.69, 9.17) is 0 Å². The molecule has 9 heteroatoms. The second-order valence-electron chi connectivity index (χ2n) is 9.67. The summed E-state index contributed by atoms with van der Waals surface area (Å²) < 4.78 is 18.5. The molecule has 1 aromatic carbocycles. The highest BCUT2D eigenvalue weighted by Gasteiger charge is 2.32. The Kier molecular flexibility index (Phi) is 6.69. The Morgan fingerprint density at radius 1 is 1.09 bits per heavy atom. The van der Waals surface area contributed by atoms with Gasteiger partial charge < -0.3 is 15.1 Å². The van der Waals surface area contributed by atoms with Crippen LogP contribution in [0, 0.1) is 24.6 Å². The fraction of sp³-hybridized carbons (Fsp3) is 0.462. The number of rotatable bonds is 4. The monoisotopic (exact) mass is 495 g/mol. The molecule has 2 saturated heterocycles. The molecule has 2 aliphatic rings. The molecule has 0 saturated carbocycles. The molecule has 2 fully saturated rings. The number of amides is 2. The van der Waals surface area contributed by atoms with Gasteiger partial charge in [-0.1, -0.05) is 19.1 Å². The van der Waals surface area contributed by atoms with E-state index in [9.17, 15) is 14.0 Å². The van der Waals surface area contributed by atoms with Crippen LogP contribution in [0.5, 0.6) is 0 Å². The van der Waals surface area contributed by atoms with Crippen molar-refractivity contribution in [1.29, 1.82) is 0 Å². The van der Waals surface area contributed by atoms with Crippen LogP contribution in [0.25, 0.3) is 10.2 Å². The maximum atomic E-state index is 14.0. The first-order valence-electron chi connectivity index (χ1n) is 12.3. The number of fused-ring (bicyclic) bond motifs is 1. The van der Waals surface area contributed by atoms with Gasteiger partial charge in [-0.3, -0.25) is 9.59 Å². The molecule has 0 bridgehead atoms. The standard InChI is InChI=1S/C26H30FN5O2S/c1-16-7-11-32(12-8-16)26(34)19-15-28-25-22(17(2)30-35-25)23(19)31-13-9-18(10-14-31)24(33)29-21-6-4-3-5-20(21)27/h3-6,15-16,18H,7-14H2,1-2H3,(H,29,33). The summed E-state index contributed by atoms with van der Waals surface area (Å²) in [6.45, 7) is 6.96. The van der Waals surface area contributed by atoms with Crippen molar-refractivity contribution in [3.63, 3.8) is 0 Å². The molecular formula is C26H30FN5O2S. The van der Waals surface area contributed by atoms with Crippen LogP contribution in [0.4, 0.5) is 15.8 Å². The Hall–Kier alpha value is -3.07. The molecule has 4 heterocycles. The Bertz CT molecular complexity index is 1250. The molecule has 3 aromatic rings. The van der Waals surface area contributed by atoms with Gasteiger partial charge in [0.15, 0.2) is 0 Å². The highest BCUT2D eigenvalue weighted by Crippen LogP contribution is 2.37. The number of hydrogen-bond acceptors (Lipinski definition) is 6. The number of hydrogen-bond donors (Lipinski definition) is 1. The lowest BCUT2D eigenvalue weighted by molar-refractivity contribution is -0.120. The minimum absolute atomic E-state index is 0.0197. The number of benzene rings is 1. The molecule has 2 amide bonds. The molecule has 2 aromatic heterocycles.